The van der Waals surface area contributed by atoms with E-state index >= 15 is 0 Å². The van der Waals surface area contributed by atoms with Gasteiger partial charge in [-0.15, -0.1) is 0 Å². The molecule has 29 heavy (non-hydrogen) atoms. The summed E-state index contributed by atoms with van der Waals surface area (Å²) in [6.07, 6.45) is 0. The Hall–Kier alpha value is -3.56. The van der Waals surface area contributed by atoms with Crippen molar-refractivity contribution >= 4 is 23.5 Å². The summed E-state index contributed by atoms with van der Waals surface area (Å²) in [4.78, 5) is 36.9. The molecule has 0 heterocycles. The van der Waals surface area contributed by atoms with Crippen LogP contribution < -0.4 is 10.1 Å². The molecule has 0 radical (unpaired) electrons. The minimum Gasteiger partial charge on any atom is -0.452 e. The number of alkyl halides is 2. The maximum atomic E-state index is 12.8. The third-order valence-corrected chi connectivity index (χ3v) is 3.58. The van der Waals surface area contributed by atoms with Crippen molar-refractivity contribution in [2.24, 2.45) is 0 Å². The molecule has 2 amide bonds. The van der Waals surface area contributed by atoms with Crippen LogP contribution in [0.4, 0.5) is 18.9 Å². The Morgan fingerprint density at radius 1 is 1.03 bits per heavy atom. The van der Waals surface area contributed by atoms with Crippen molar-refractivity contribution in [1.29, 1.82) is 0 Å². The van der Waals surface area contributed by atoms with E-state index in [2.05, 4.69) is 10.1 Å². The zero-order valence-electron chi connectivity index (χ0n) is 15.2. The second-order valence-electron chi connectivity index (χ2n) is 5.78. The quantitative estimate of drug-likeness (QED) is 0.677. The molecule has 0 fully saturated rings. The predicted octanol–water partition coefficient (Wildman–Crippen LogP) is 2.68. The molecule has 1 N–H and O–H groups in total. The maximum Gasteiger partial charge on any atom is 0.387 e. The van der Waals surface area contributed by atoms with Crippen molar-refractivity contribution in [2.45, 2.75) is 6.61 Å². The minimum absolute atomic E-state index is 0.0381. The highest BCUT2D eigenvalue weighted by atomic mass is 19.3. The lowest BCUT2D eigenvalue weighted by Gasteiger charge is -2.16. The number of anilines is 1. The zero-order valence-corrected chi connectivity index (χ0v) is 15.2. The van der Waals surface area contributed by atoms with E-state index in [0.717, 1.165) is 17.0 Å². The molecule has 0 aliphatic heterocycles. The first-order valence-electron chi connectivity index (χ1n) is 8.26. The van der Waals surface area contributed by atoms with Gasteiger partial charge in [0.1, 0.15) is 11.6 Å². The van der Waals surface area contributed by atoms with Gasteiger partial charge in [0.25, 0.3) is 5.91 Å². The van der Waals surface area contributed by atoms with Gasteiger partial charge in [-0.05, 0) is 48.5 Å². The number of hydrogen-bond donors (Lipinski definition) is 1. The van der Waals surface area contributed by atoms with E-state index in [4.69, 9.17) is 4.74 Å². The summed E-state index contributed by atoms with van der Waals surface area (Å²) in [5, 5.41) is 2.49. The summed E-state index contributed by atoms with van der Waals surface area (Å²) in [5.74, 6) is -2.57. The second kappa shape index (κ2) is 10.1. The van der Waals surface area contributed by atoms with Gasteiger partial charge in [-0.2, -0.15) is 8.78 Å². The molecule has 0 aliphatic rings. The Balaban J connectivity index is 1.79. The molecule has 0 aliphatic carbocycles. The fourth-order valence-corrected chi connectivity index (χ4v) is 2.13. The molecule has 2 aromatic carbocycles. The van der Waals surface area contributed by atoms with Crippen LogP contribution in [0.3, 0.4) is 0 Å². The number of ether oxygens (including phenoxy) is 2. The Morgan fingerprint density at radius 3 is 2.24 bits per heavy atom. The molecule has 0 saturated heterocycles. The third kappa shape index (κ3) is 7.17. The number of benzene rings is 2. The van der Waals surface area contributed by atoms with Gasteiger partial charge in [-0.25, -0.2) is 9.18 Å². The molecule has 2 rings (SSSR count). The van der Waals surface area contributed by atoms with E-state index in [0.29, 0.717) is 5.69 Å². The number of carbonyl (C=O) groups is 3. The largest absolute Gasteiger partial charge is 0.452 e. The van der Waals surface area contributed by atoms with Crippen molar-refractivity contribution in [1.82, 2.24) is 4.90 Å². The van der Waals surface area contributed by atoms with Crippen LogP contribution in [0.25, 0.3) is 0 Å². The van der Waals surface area contributed by atoms with E-state index in [1.165, 1.54) is 43.4 Å². The highest BCUT2D eigenvalue weighted by molar-refractivity contribution is 5.95. The number of nitrogens with one attached hydrogen (secondary N) is 1. The Bertz CT molecular complexity index is 857. The van der Waals surface area contributed by atoms with Crippen molar-refractivity contribution in [3.8, 4) is 5.75 Å². The standard InChI is InChI=1S/C19H17F3N2O5/c1-24(10-16(25)23-14-6-4-13(20)5-7-14)17(26)11-28-18(27)12-2-8-15(9-3-12)29-19(21)22/h2-9,19H,10-11H2,1H3,(H,23,25). The predicted molar refractivity (Wildman–Crippen MR) is 96.0 cm³/mol. The first kappa shape index (κ1) is 21.7. The van der Waals surface area contributed by atoms with Crippen molar-refractivity contribution in [3.63, 3.8) is 0 Å². The molecule has 0 unspecified atom stereocenters. The van der Waals surface area contributed by atoms with Crippen LogP contribution in [0.1, 0.15) is 10.4 Å². The molecule has 10 heteroatoms. The summed E-state index contributed by atoms with van der Waals surface area (Å²) >= 11 is 0. The molecule has 0 spiro atoms. The van der Waals surface area contributed by atoms with Gasteiger partial charge < -0.3 is 19.7 Å². The molecule has 0 atom stereocenters. The monoisotopic (exact) mass is 410 g/mol. The lowest BCUT2D eigenvalue weighted by atomic mass is 10.2. The topological polar surface area (TPSA) is 84.9 Å². The summed E-state index contributed by atoms with van der Waals surface area (Å²) in [7, 11) is 1.34. The first-order valence-corrected chi connectivity index (χ1v) is 8.26. The zero-order chi connectivity index (χ0) is 21.4. The van der Waals surface area contributed by atoms with Gasteiger partial charge in [-0.3, -0.25) is 9.59 Å². The molecule has 0 bridgehead atoms. The highest BCUT2D eigenvalue weighted by Gasteiger charge is 2.16. The number of hydrogen-bond acceptors (Lipinski definition) is 5. The van der Waals surface area contributed by atoms with Gasteiger partial charge in [0.05, 0.1) is 12.1 Å². The van der Waals surface area contributed by atoms with Crippen LogP contribution in [0, 0.1) is 5.82 Å². The second-order valence-corrected chi connectivity index (χ2v) is 5.78. The number of nitrogens with zero attached hydrogens (tertiary/aromatic N) is 1. The van der Waals surface area contributed by atoms with Crippen LogP contribution in [0.2, 0.25) is 0 Å². The number of esters is 1. The SMILES string of the molecule is CN(CC(=O)Nc1ccc(F)cc1)C(=O)COC(=O)c1ccc(OC(F)F)cc1. The van der Waals surface area contributed by atoms with Crippen LogP contribution in [0.5, 0.6) is 5.75 Å². The number of amides is 2. The smallest absolute Gasteiger partial charge is 0.387 e. The van der Waals surface area contributed by atoms with Crippen molar-refractivity contribution < 1.29 is 37.0 Å². The minimum atomic E-state index is -2.98. The lowest BCUT2D eigenvalue weighted by molar-refractivity contribution is -0.136. The molecule has 154 valence electrons. The first-order chi connectivity index (χ1) is 13.7. The Kier molecular flexibility index (Phi) is 7.58. The van der Waals surface area contributed by atoms with Crippen LogP contribution in [0.15, 0.2) is 48.5 Å². The van der Waals surface area contributed by atoms with E-state index in [1.807, 2.05) is 0 Å². The molecular formula is C19H17F3N2O5. The molecule has 0 saturated carbocycles. The number of likely N-dealkylation sites (N-methyl/N-ethyl adjacent to an activating group) is 1. The maximum absolute atomic E-state index is 12.8. The van der Waals surface area contributed by atoms with Crippen molar-refractivity contribution in [2.75, 3.05) is 25.5 Å². The summed E-state index contributed by atoms with van der Waals surface area (Å²) in [6.45, 7) is -3.91. The van der Waals surface area contributed by atoms with E-state index < -0.39 is 36.8 Å². The third-order valence-electron chi connectivity index (χ3n) is 3.58. The molecule has 2 aromatic rings. The van der Waals surface area contributed by atoms with Gasteiger partial charge in [0.15, 0.2) is 6.61 Å². The molecular weight excluding hydrogens is 393 g/mol. The highest BCUT2D eigenvalue weighted by Crippen LogP contribution is 2.15. The summed E-state index contributed by atoms with van der Waals surface area (Å²) < 4.78 is 46.0. The van der Waals surface area contributed by atoms with Gasteiger partial charge in [0, 0.05) is 12.7 Å². The van der Waals surface area contributed by atoms with E-state index in [9.17, 15) is 27.6 Å². The van der Waals surface area contributed by atoms with Crippen LogP contribution in [-0.2, 0) is 14.3 Å². The average Bonchev–Trinajstić information content (AvgIpc) is 2.67. The van der Waals surface area contributed by atoms with E-state index in [1.54, 1.807) is 0 Å². The van der Waals surface area contributed by atoms with Gasteiger partial charge in [-0.1, -0.05) is 0 Å². The Labute approximate surface area is 164 Å². The fourth-order valence-electron chi connectivity index (χ4n) is 2.13. The van der Waals surface area contributed by atoms with Gasteiger partial charge >= 0.3 is 12.6 Å². The average molecular weight is 410 g/mol. The van der Waals surface area contributed by atoms with Crippen molar-refractivity contribution in [3.05, 3.63) is 59.9 Å². The Morgan fingerprint density at radius 2 is 1.66 bits per heavy atom. The summed E-state index contributed by atoms with van der Waals surface area (Å²) in [5.41, 5.74) is 0.402. The number of carbonyl (C=O) groups excluding carboxylic acids is 3. The lowest BCUT2D eigenvalue weighted by Crippen LogP contribution is -2.37. The molecule has 7 nitrogen and oxygen atoms in total. The van der Waals surface area contributed by atoms with Gasteiger partial charge in [0.2, 0.25) is 5.91 Å². The normalized spacial score (nSPS) is 10.4. The number of halogens is 3. The van der Waals surface area contributed by atoms with Crippen LogP contribution >= 0.6 is 0 Å². The van der Waals surface area contributed by atoms with Crippen LogP contribution in [-0.4, -0.2) is 49.5 Å². The number of rotatable bonds is 8. The fraction of sp³-hybridized carbons (Fsp3) is 0.211. The summed E-state index contributed by atoms with van der Waals surface area (Å²) in [6, 6.07) is 9.84. The molecule has 0 aromatic heterocycles. The van der Waals surface area contributed by atoms with E-state index in [-0.39, 0.29) is 17.9 Å².